The third-order valence-corrected chi connectivity index (χ3v) is 4.27. The zero-order valence-corrected chi connectivity index (χ0v) is 12.3. The number of rotatable bonds is 2. The fraction of sp³-hybridized carbons (Fsp3) is 0.188. The number of fused-ring (bicyclic) bond motifs is 1. The minimum Gasteiger partial charge on any atom is -0.496 e. The van der Waals surface area contributed by atoms with Crippen LogP contribution in [0.15, 0.2) is 38.2 Å². The lowest BCUT2D eigenvalue weighted by Crippen LogP contribution is -2.06. The Labute approximate surface area is 120 Å². The van der Waals surface area contributed by atoms with Gasteiger partial charge in [0.15, 0.2) is 0 Å². The SMILES string of the molecule is COc1cc(-c2ccsc2)cc2oc(=O)c(C)c(C)c12. The van der Waals surface area contributed by atoms with Crippen molar-refractivity contribution >= 4 is 22.3 Å². The Morgan fingerprint density at radius 2 is 1.95 bits per heavy atom. The molecule has 102 valence electrons. The van der Waals surface area contributed by atoms with E-state index in [0.29, 0.717) is 11.1 Å². The van der Waals surface area contributed by atoms with Crippen molar-refractivity contribution in [3.8, 4) is 16.9 Å². The number of ether oxygens (including phenoxy) is 1. The van der Waals surface area contributed by atoms with Crippen LogP contribution in [0.1, 0.15) is 11.1 Å². The van der Waals surface area contributed by atoms with Gasteiger partial charge in [-0.25, -0.2) is 4.79 Å². The molecule has 4 heteroatoms. The predicted octanol–water partition coefficient (Wildman–Crippen LogP) is 4.15. The highest BCUT2D eigenvalue weighted by Gasteiger charge is 2.14. The van der Waals surface area contributed by atoms with Crippen LogP contribution in [0.25, 0.3) is 22.1 Å². The third kappa shape index (κ3) is 1.93. The first-order chi connectivity index (χ1) is 9.61. The van der Waals surface area contributed by atoms with Crippen LogP contribution in [0, 0.1) is 13.8 Å². The molecule has 0 fully saturated rings. The van der Waals surface area contributed by atoms with Crippen LogP contribution >= 0.6 is 11.3 Å². The zero-order chi connectivity index (χ0) is 14.3. The van der Waals surface area contributed by atoms with E-state index in [-0.39, 0.29) is 5.63 Å². The van der Waals surface area contributed by atoms with Gasteiger partial charge in [0, 0.05) is 5.56 Å². The lowest BCUT2D eigenvalue weighted by Gasteiger charge is -2.11. The Bertz CT molecular complexity index is 829. The highest BCUT2D eigenvalue weighted by molar-refractivity contribution is 7.08. The molecule has 0 aliphatic heterocycles. The summed E-state index contributed by atoms with van der Waals surface area (Å²) >= 11 is 1.63. The summed E-state index contributed by atoms with van der Waals surface area (Å²) in [5.74, 6) is 0.730. The molecule has 20 heavy (non-hydrogen) atoms. The number of thiophene rings is 1. The summed E-state index contributed by atoms with van der Waals surface area (Å²) in [4.78, 5) is 11.8. The van der Waals surface area contributed by atoms with E-state index in [1.54, 1.807) is 25.4 Å². The fourth-order valence-corrected chi connectivity index (χ4v) is 2.98. The van der Waals surface area contributed by atoms with Crippen LogP contribution in [0.2, 0.25) is 0 Å². The smallest absolute Gasteiger partial charge is 0.339 e. The maximum Gasteiger partial charge on any atom is 0.339 e. The Hall–Kier alpha value is -2.07. The molecule has 3 nitrogen and oxygen atoms in total. The second-order valence-electron chi connectivity index (χ2n) is 4.70. The average Bonchev–Trinajstić information content (AvgIpc) is 2.97. The van der Waals surface area contributed by atoms with Gasteiger partial charge < -0.3 is 9.15 Å². The van der Waals surface area contributed by atoms with E-state index in [1.165, 1.54) is 0 Å². The van der Waals surface area contributed by atoms with Gasteiger partial charge in [0.1, 0.15) is 11.3 Å². The number of hydrogen-bond acceptors (Lipinski definition) is 4. The van der Waals surface area contributed by atoms with Gasteiger partial charge >= 0.3 is 5.63 Å². The largest absolute Gasteiger partial charge is 0.496 e. The lowest BCUT2D eigenvalue weighted by molar-refractivity contribution is 0.418. The molecule has 3 aromatic rings. The molecule has 0 unspecified atom stereocenters. The van der Waals surface area contributed by atoms with Crippen molar-refractivity contribution in [2.45, 2.75) is 13.8 Å². The van der Waals surface area contributed by atoms with E-state index in [2.05, 4.69) is 5.38 Å². The minimum absolute atomic E-state index is 0.292. The predicted molar refractivity (Wildman–Crippen MR) is 81.8 cm³/mol. The van der Waals surface area contributed by atoms with Gasteiger partial charge in [0.05, 0.1) is 12.5 Å². The Morgan fingerprint density at radius 1 is 1.15 bits per heavy atom. The number of hydrogen-bond donors (Lipinski definition) is 0. The number of methoxy groups -OCH3 is 1. The maximum atomic E-state index is 11.8. The topological polar surface area (TPSA) is 39.4 Å². The second kappa shape index (κ2) is 4.80. The van der Waals surface area contributed by atoms with Crippen LogP contribution in [0.3, 0.4) is 0 Å². The molecule has 0 bridgehead atoms. The van der Waals surface area contributed by atoms with Gasteiger partial charge in [-0.3, -0.25) is 0 Å². The lowest BCUT2D eigenvalue weighted by atomic mass is 10.0. The van der Waals surface area contributed by atoms with Crippen LogP contribution < -0.4 is 10.4 Å². The zero-order valence-electron chi connectivity index (χ0n) is 11.5. The van der Waals surface area contributed by atoms with Gasteiger partial charge in [-0.1, -0.05) is 0 Å². The van der Waals surface area contributed by atoms with Gasteiger partial charge in [-0.15, -0.1) is 0 Å². The van der Waals surface area contributed by atoms with Crippen LogP contribution in [0.4, 0.5) is 0 Å². The highest BCUT2D eigenvalue weighted by atomic mass is 32.1. The first kappa shape index (κ1) is 12.9. The van der Waals surface area contributed by atoms with E-state index >= 15 is 0 Å². The Morgan fingerprint density at radius 3 is 2.60 bits per heavy atom. The molecule has 0 saturated heterocycles. The summed E-state index contributed by atoms with van der Waals surface area (Å²) in [7, 11) is 1.63. The van der Waals surface area contributed by atoms with Crippen molar-refractivity contribution in [3.63, 3.8) is 0 Å². The molecule has 1 aromatic carbocycles. The summed E-state index contributed by atoms with van der Waals surface area (Å²) in [6, 6.07) is 5.91. The van der Waals surface area contributed by atoms with E-state index in [4.69, 9.17) is 9.15 Å². The molecule has 0 N–H and O–H groups in total. The number of benzene rings is 1. The van der Waals surface area contributed by atoms with E-state index < -0.39 is 0 Å². The average molecular weight is 286 g/mol. The molecule has 0 atom stereocenters. The third-order valence-electron chi connectivity index (χ3n) is 3.59. The van der Waals surface area contributed by atoms with Gasteiger partial charge in [0.25, 0.3) is 0 Å². The van der Waals surface area contributed by atoms with Crippen molar-refractivity contribution in [3.05, 3.63) is 50.5 Å². The van der Waals surface area contributed by atoms with Crippen LogP contribution in [-0.2, 0) is 0 Å². The minimum atomic E-state index is -0.292. The molecule has 0 aliphatic carbocycles. The second-order valence-corrected chi connectivity index (χ2v) is 5.48. The van der Waals surface area contributed by atoms with Gasteiger partial charge in [0.2, 0.25) is 0 Å². The summed E-state index contributed by atoms with van der Waals surface area (Å²) in [5.41, 5.74) is 3.89. The van der Waals surface area contributed by atoms with Gasteiger partial charge in [-0.2, -0.15) is 11.3 Å². The molecule has 0 aliphatic rings. The molecule has 0 spiro atoms. The van der Waals surface area contributed by atoms with E-state index in [1.807, 2.05) is 30.5 Å². The van der Waals surface area contributed by atoms with Crippen LogP contribution in [0.5, 0.6) is 5.75 Å². The monoisotopic (exact) mass is 286 g/mol. The molecular formula is C16H14O3S. The van der Waals surface area contributed by atoms with E-state index in [9.17, 15) is 4.79 Å². The van der Waals surface area contributed by atoms with Crippen molar-refractivity contribution in [2.75, 3.05) is 7.11 Å². The quantitative estimate of drug-likeness (QED) is 0.664. The summed E-state index contributed by atoms with van der Waals surface area (Å²) < 4.78 is 10.9. The molecule has 3 rings (SSSR count). The molecule has 2 aromatic heterocycles. The van der Waals surface area contributed by atoms with Crippen molar-refractivity contribution in [1.29, 1.82) is 0 Å². The normalized spacial score (nSPS) is 10.9. The highest BCUT2D eigenvalue weighted by Crippen LogP contribution is 2.35. The summed E-state index contributed by atoms with van der Waals surface area (Å²) in [6.07, 6.45) is 0. The van der Waals surface area contributed by atoms with Crippen molar-refractivity contribution < 1.29 is 9.15 Å². The van der Waals surface area contributed by atoms with Crippen molar-refractivity contribution in [2.24, 2.45) is 0 Å². The maximum absolute atomic E-state index is 11.8. The fourth-order valence-electron chi connectivity index (χ4n) is 2.31. The molecule has 0 amide bonds. The van der Waals surface area contributed by atoms with E-state index in [0.717, 1.165) is 27.8 Å². The molecular weight excluding hydrogens is 272 g/mol. The molecule has 0 saturated carbocycles. The first-order valence-electron chi connectivity index (χ1n) is 6.26. The molecule has 2 heterocycles. The number of aryl methyl sites for hydroxylation is 1. The first-order valence-corrected chi connectivity index (χ1v) is 7.20. The standard InChI is InChI=1S/C16H14O3S/c1-9-10(2)16(17)19-14-7-12(11-4-5-20-8-11)6-13(18-3)15(9)14/h4-8H,1-3H3. The summed E-state index contributed by atoms with van der Waals surface area (Å²) in [5, 5.41) is 4.94. The Balaban J connectivity index is 2.40. The van der Waals surface area contributed by atoms with Gasteiger partial charge in [-0.05, 0) is 59.5 Å². The van der Waals surface area contributed by atoms with Crippen molar-refractivity contribution in [1.82, 2.24) is 0 Å². The summed E-state index contributed by atoms with van der Waals surface area (Å²) in [6.45, 7) is 3.69. The Kier molecular flexibility index (Phi) is 3.10. The molecule has 0 radical (unpaired) electrons. The van der Waals surface area contributed by atoms with Crippen LogP contribution in [-0.4, -0.2) is 7.11 Å².